The molecule has 2 fully saturated rings. The molecule has 4 rings (SSSR count). The lowest BCUT2D eigenvalue weighted by Crippen LogP contribution is -2.47. The van der Waals surface area contributed by atoms with Crippen LogP contribution in [0.25, 0.3) is 0 Å². The third-order valence-electron chi connectivity index (χ3n) is 8.60. The van der Waals surface area contributed by atoms with Gasteiger partial charge in [0.05, 0.1) is 9.79 Å². The highest BCUT2D eigenvalue weighted by Crippen LogP contribution is 2.12. The molecule has 2 aliphatic rings. The van der Waals surface area contributed by atoms with Crippen LogP contribution in [0.4, 0.5) is 0 Å². The van der Waals surface area contributed by atoms with E-state index in [1.807, 2.05) is 38.1 Å². The Morgan fingerprint density at radius 2 is 1.00 bits per heavy atom. The van der Waals surface area contributed by atoms with E-state index in [1.54, 1.807) is 24.3 Å². The average Bonchev–Trinajstić information content (AvgIpc) is 3.21. The zero-order chi connectivity index (χ0) is 32.8. The molecule has 0 aliphatic carbocycles. The molecule has 258 valence electrons. The largest absolute Gasteiger partial charge is 0.314 e. The van der Waals surface area contributed by atoms with Crippen molar-refractivity contribution in [3.63, 3.8) is 0 Å². The minimum absolute atomic E-state index is 0.274. The lowest BCUT2D eigenvalue weighted by atomic mass is 10.0. The van der Waals surface area contributed by atoms with Crippen LogP contribution in [0.5, 0.6) is 0 Å². The third-order valence-corrected chi connectivity index (χ3v) is 11.6. The van der Waals surface area contributed by atoms with Gasteiger partial charge in [0.2, 0.25) is 20.0 Å². The smallest absolute Gasteiger partial charge is 0.240 e. The van der Waals surface area contributed by atoms with Crippen LogP contribution < -0.4 is 30.7 Å². The molecular weight excluding hydrogens is 625 g/mol. The van der Waals surface area contributed by atoms with Gasteiger partial charge in [0, 0.05) is 104 Å². The van der Waals surface area contributed by atoms with Gasteiger partial charge in [-0.25, -0.2) is 26.3 Å². The van der Waals surface area contributed by atoms with Gasteiger partial charge < -0.3 is 21.3 Å². The standard InChI is InChI=1S/C32H54N8O4S2/c1-27-3-9-31(10-4-27)45(41,42)37-19-23-39-21-17-33-13-15-35-29(25-39)7-8-30-26-40(22-18-34-14-16-36-30)24-20-38-46(43,44)32-11-5-28(2)6-12-32/h3-6,9-12,29-30,33-38H,7-8,13-26H2,1-2H3. The second kappa shape index (κ2) is 18.5. The Hall–Kier alpha value is -1.98. The summed E-state index contributed by atoms with van der Waals surface area (Å²) in [6.45, 7) is 14.5. The number of sulfonamides is 2. The summed E-state index contributed by atoms with van der Waals surface area (Å²) in [6, 6.07) is 14.4. The molecule has 2 aliphatic heterocycles. The molecule has 14 heteroatoms. The lowest BCUT2D eigenvalue weighted by Gasteiger charge is -2.30. The summed E-state index contributed by atoms with van der Waals surface area (Å²) in [5, 5.41) is 14.4. The summed E-state index contributed by atoms with van der Waals surface area (Å²) >= 11 is 0. The summed E-state index contributed by atoms with van der Waals surface area (Å²) in [4.78, 5) is 5.25. The maximum Gasteiger partial charge on any atom is 0.240 e. The molecule has 2 saturated heterocycles. The maximum absolute atomic E-state index is 12.8. The fourth-order valence-electron chi connectivity index (χ4n) is 5.86. The van der Waals surface area contributed by atoms with Crippen molar-refractivity contribution in [1.82, 2.24) is 40.5 Å². The lowest BCUT2D eigenvalue weighted by molar-refractivity contribution is 0.226. The topological polar surface area (TPSA) is 147 Å². The van der Waals surface area contributed by atoms with E-state index in [-0.39, 0.29) is 12.1 Å². The minimum atomic E-state index is -3.55. The fourth-order valence-corrected chi connectivity index (χ4v) is 7.90. The molecule has 46 heavy (non-hydrogen) atoms. The molecule has 2 unspecified atom stereocenters. The SMILES string of the molecule is Cc1ccc(S(=O)(=O)NCCN2CCNCCNC(CCC3CN(CCNS(=O)(=O)c4ccc(C)cc4)CCNCCN3)C2)cc1. The first-order chi connectivity index (χ1) is 22.1. The van der Waals surface area contributed by atoms with Crippen LogP contribution in [0, 0.1) is 13.8 Å². The molecule has 2 aromatic carbocycles. The van der Waals surface area contributed by atoms with Crippen molar-refractivity contribution in [3.8, 4) is 0 Å². The first-order valence-corrected chi connectivity index (χ1v) is 19.5. The van der Waals surface area contributed by atoms with E-state index in [1.165, 1.54) is 0 Å². The number of hydrogen-bond donors (Lipinski definition) is 6. The van der Waals surface area contributed by atoms with Crippen molar-refractivity contribution in [2.24, 2.45) is 0 Å². The summed E-state index contributed by atoms with van der Waals surface area (Å²) < 4.78 is 56.7. The van der Waals surface area contributed by atoms with Crippen molar-refractivity contribution < 1.29 is 16.8 Å². The predicted molar refractivity (Wildman–Crippen MR) is 184 cm³/mol. The highest BCUT2D eigenvalue weighted by molar-refractivity contribution is 7.89. The number of nitrogens with one attached hydrogen (secondary N) is 6. The van der Waals surface area contributed by atoms with Crippen LogP contribution >= 0.6 is 0 Å². The van der Waals surface area contributed by atoms with Gasteiger partial charge in [-0.1, -0.05) is 35.4 Å². The van der Waals surface area contributed by atoms with Gasteiger partial charge >= 0.3 is 0 Å². The third kappa shape index (κ3) is 12.6. The van der Waals surface area contributed by atoms with Gasteiger partial charge in [-0.3, -0.25) is 9.80 Å². The van der Waals surface area contributed by atoms with Gasteiger partial charge in [-0.15, -0.1) is 0 Å². The minimum Gasteiger partial charge on any atom is -0.314 e. The van der Waals surface area contributed by atoms with E-state index in [2.05, 4.69) is 40.5 Å². The molecular formula is C32H54N8O4S2. The van der Waals surface area contributed by atoms with Gasteiger partial charge in [0.1, 0.15) is 0 Å². The zero-order valence-electron chi connectivity index (χ0n) is 27.4. The van der Waals surface area contributed by atoms with E-state index < -0.39 is 20.0 Å². The van der Waals surface area contributed by atoms with Gasteiger partial charge in [-0.2, -0.15) is 0 Å². The molecule has 6 N–H and O–H groups in total. The van der Waals surface area contributed by atoms with Crippen LogP contribution in [-0.2, 0) is 20.0 Å². The monoisotopic (exact) mass is 678 g/mol. The Morgan fingerprint density at radius 1 is 0.609 bits per heavy atom. The molecule has 0 aromatic heterocycles. The number of hydrogen-bond acceptors (Lipinski definition) is 10. The van der Waals surface area contributed by atoms with Gasteiger partial charge in [0.15, 0.2) is 0 Å². The normalized spacial score (nSPS) is 21.8. The fraction of sp³-hybridized carbons (Fsp3) is 0.625. The van der Waals surface area contributed by atoms with Crippen molar-refractivity contribution >= 4 is 20.0 Å². The highest BCUT2D eigenvalue weighted by atomic mass is 32.2. The van der Waals surface area contributed by atoms with Crippen LogP contribution in [-0.4, -0.2) is 130 Å². The zero-order valence-corrected chi connectivity index (χ0v) is 29.1. The molecule has 12 nitrogen and oxygen atoms in total. The Bertz CT molecular complexity index is 1280. The Morgan fingerprint density at radius 3 is 1.39 bits per heavy atom. The summed E-state index contributed by atoms with van der Waals surface area (Å²) in [5.41, 5.74) is 2.05. The van der Waals surface area contributed by atoms with E-state index in [9.17, 15) is 16.8 Å². The molecule has 2 heterocycles. The molecule has 0 spiro atoms. The molecule has 0 radical (unpaired) electrons. The van der Waals surface area contributed by atoms with Crippen molar-refractivity contribution in [1.29, 1.82) is 0 Å². The van der Waals surface area contributed by atoms with Gasteiger partial charge in [-0.05, 0) is 51.0 Å². The molecule has 0 saturated carbocycles. The molecule has 0 bridgehead atoms. The van der Waals surface area contributed by atoms with Gasteiger partial charge in [0.25, 0.3) is 0 Å². The van der Waals surface area contributed by atoms with Crippen LogP contribution in [0.15, 0.2) is 58.3 Å². The molecule has 2 aromatic rings. The molecule has 2 atom stereocenters. The van der Waals surface area contributed by atoms with E-state index >= 15 is 0 Å². The summed E-state index contributed by atoms with van der Waals surface area (Å²) in [5.74, 6) is 0. The first kappa shape index (κ1) is 36.8. The van der Waals surface area contributed by atoms with E-state index in [0.717, 1.165) is 89.4 Å². The second-order valence-corrected chi connectivity index (χ2v) is 15.9. The summed E-state index contributed by atoms with van der Waals surface area (Å²) in [6.07, 6.45) is 1.95. The number of nitrogens with zero attached hydrogens (tertiary/aromatic N) is 2. The molecule has 0 amide bonds. The predicted octanol–water partition coefficient (Wildman–Crippen LogP) is 0.0672. The van der Waals surface area contributed by atoms with Crippen LogP contribution in [0.3, 0.4) is 0 Å². The number of aryl methyl sites for hydroxylation is 2. The quantitative estimate of drug-likeness (QED) is 0.172. The summed E-state index contributed by atoms with van der Waals surface area (Å²) in [7, 11) is -7.10. The van der Waals surface area contributed by atoms with E-state index in [4.69, 9.17) is 0 Å². The van der Waals surface area contributed by atoms with Crippen LogP contribution in [0.1, 0.15) is 24.0 Å². The Labute approximate surface area is 276 Å². The van der Waals surface area contributed by atoms with Crippen molar-refractivity contribution in [2.75, 3.05) is 91.6 Å². The van der Waals surface area contributed by atoms with Crippen molar-refractivity contribution in [3.05, 3.63) is 59.7 Å². The van der Waals surface area contributed by atoms with Crippen LogP contribution in [0.2, 0.25) is 0 Å². The van der Waals surface area contributed by atoms with E-state index in [0.29, 0.717) is 36.0 Å². The average molecular weight is 679 g/mol. The number of benzene rings is 2. The maximum atomic E-state index is 12.8. The van der Waals surface area contributed by atoms with Crippen molar-refractivity contribution in [2.45, 2.75) is 48.6 Å². The Kier molecular flexibility index (Phi) is 14.8. The highest BCUT2D eigenvalue weighted by Gasteiger charge is 2.22. The first-order valence-electron chi connectivity index (χ1n) is 16.6. The Balaban J connectivity index is 1.28. The number of rotatable bonds is 13. The second-order valence-electron chi connectivity index (χ2n) is 12.4.